The quantitative estimate of drug-likeness (QED) is 0.902. The second kappa shape index (κ2) is 6.10. The third kappa shape index (κ3) is 3.39. The van der Waals surface area contributed by atoms with Crippen molar-refractivity contribution in [3.05, 3.63) is 29.6 Å². The van der Waals surface area contributed by atoms with Crippen LogP contribution in [0.15, 0.2) is 18.2 Å². The summed E-state index contributed by atoms with van der Waals surface area (Å²) in [5.41, 5.74) is 1.09. The van der Waals surface area contributed by atoms with Crippen molar-refractivity contribution in [1.82, 2.24) is 0 Å². The highest BCUT2D eigenvalue weighted by Gasteiger charge is 2.20. The third-order valence-corrected chi connectivity index (χ3v) is 4.54. The number of halogens is 1. The van der Waals surface area contributed by atoms with Gasteiger partial charge in [-0.25, -0.2) is 4.39 Å². The van der Waals surface area contributed by atoms with Gasteiger partial charge in [0, 0.05) is 17.0 Å². The van der Waals surface area contributed by atoms with E-state index in [-0.39, 0.29) is 5.82 Å². The van der Waals surface area contributed by atoms with Crippen LogP contribution in [0.3, 0.4) is 0 Å². The summed E-state index contributed by atoms with van der Waals surface area (Å²) >= 11 is 1.93. The van der Waals surface area contributed by atoms with Crippen LogP contribution in [0.1, 0.15) is 31.2 Å². The molecule has 2 rings (SSSR count). The smallest absolute Gasteiger partial charge is 0.126 e. The van der Waals surface area contributed by atoms with Gasteiger partial charge < -0.3 is 5.32 Å². The molecule has 0 atom stereocenters. The molecule has 1 aliphatic carbocycles. The minimum atomic E-state index is -0.352. The first-order valence-corrected chi connectivity index (χ1v) is 7.50. The molecular formula is C14H17FN2S. The van der Waals surface area contributed by atoms with Gasteiger partial charge in [0.2, 0.25) is 0 Å². The third-order valence-electron chi connectivity index (χ3n) is 3.41. The van der Waals surface area contributed by atoms with Gasteiger partial charge in [-0.3, -0.25) is 0 Å². The lowest BCUT2D eigenvalue weighted by atomic mass is 9.94. The summed E-state index contributed by atoms with van der Waals surface area (Å²) in [6, 6.07) is 6.81. The fourth-order valence-electron chi connectivity index (χ4n) is 2.42. The van der Waals surface area contributed by atoms with Crippen molar-refractivity contribution in [2.45, 2.75) is 37.0 Å². The van der Waals surface area contributed by atoms with Crippen LogP contribution in [0.5, 0.6) is 0 Å². The first-order chi connectivity index (χ1) is 8.71. The molecule has 1 aliphatic rings. The van der Waals surface area contributed by atoms with E-state index in [0.717, 1.165) is 23.8 Å². The van der Waals surface area contributed by atoms with Crippen molar-refractivity contribution in [3.8, 4) is 6.07 Å². The Morgan fingerprint density at radius 3 is 2.61 bits per heavy atom. The number of anilines is 1. The molecule has 2 nitrogen and oxygen atoms in total. The van der Waals surface area contributed by atoms with E-state index in [9.17, 15) is 4.39 Å². The maximum atomic E-state index is 13.3. The molecule has 0 heterocycles. The van der Waals surface area contributed by atoms with Crippen LogP contribution < -0.4 is 5.32 Å². The molecule has 1 aromatic rings. The minimum Gasteiger partial charge on any atom is -0.382 e. The molecule has 1 aromatic carbocycles. The first-order valence-electron chi connectivity index (χ1n) is 6.21. The van der Waals surface area contributed by atoms with E-state index in [0.29, 0.717) is 11.6 Å². The molecule has 1 saturated carbocycles. The van der Waals surface area contributed by atoms with Crippen LogP contribution in [0, 0.1) is 17.1 Å². The zero-order chi connectivity index (χ0) is 13.0. The Kier molecular flexibility index (Phi) is 4.48. The van der Waals surface area contributed by atoms with Crippen molar-refractivity contribution in [3.63, 3.8) is 0 Å². The van der Waals surface area contributed by atoms with Crippen LogP contribution in [0.4, 0.5) is 10.1 Å². The van der Waals surface area contributed by atoms with Crippen molar-refractivity contribution in [2.75, 3.05) is 11.6 Å². The van der Waals surface area contributed by atoms with Gasteiger partial charge in [-0.15, -0.1) is 0 Å². The molecule has 0 spiro atoms. The molecule has 0 saturated heterocycles. The van der Waals surface area contributed by atoms with Gasteiger partial charge in [0.15, 0.2) is 0 Å². The van der Waals surface area contributed by atoms with Crippen LogP contribution in [-0.2, 0) is 0 Å². The zero-order valence-corrected chi connectivity index (χ0v) is 11.3. The van der Waals surface area contributed by atoms with Crippen LogP contribution in [0.2, 0.25) is 0 Å². The lowest BCUT2D eigenvalue weighted by molar-refractivity contribution is 0.473. The Morgan fingerprint density at radius 2 is 2.00 bits per heavy atom. The topological polar surface area (TPSA) is 35.8 Å². The van der Waals surface area contributed by atoms with E-state index in [1.807, 2.05) is 17.8 Å². The van der Waals surface area contributed by atoms with E-state index in [2.05, 4.69) is 11.6 Å². The summed E-state index contributed by atoms with van der Waals surface area (Å²) in [7, 11) is 0. The molecule has 0 amide bonds. The fourth-order valence-corrected chi connectivity index (χ4v) is 3.16. The molecule has 0 aromatic heterocycles. The zero-order valence-electron chi connectivity index (χ0n) is 10.4. The summed E-state index contributed by atoms with van der Waals surface area (Å²) < 4.78 is 13.3. The second-order valence-corrected chi connectivity index (χ2v) is 5.83. The van der Waals surface area contributed by atoms with Crippen LogP contribution in [0.25, 0.3) is 0 Å². The van der Waals surface area contributed by atoms with Gasteiger partial charge in [-0.1, -0.05) is 0 Å². The van der Waals surface area contributed by atoms with Crippen LogP contribution in [-0.4, -0.2) is 17.5 Å². The Bertz CT molecular complexity index is 448. The number of hydrogen-bond acceptors (Lipinski definition) is 3. The summed E-state index contributed by atoms with van der Waals surface area (Å²) in [6.07, 6.45) is 6.80. The standard InChI is InChI=1S/C14H17FN2S/c1-18-14-4-2-12(3-5-14)17-13-7-10(9-16)6-11(15)8-13/h6-8,12,14,17H,2-5H2,1H3. The molecule has 96 valence electrons. The van der Waals surface area contributed by atoms with Crippen LogP contribution >= 0.6 is 11.8 Å². The fraction of sp³-hybridized carbons (Fsp3) is 0.500. The Labute approximate surface area is 112 Å². The predicted molar refractivity (Wildman–Crippen MR) is 74.3 cm³/mol. The first kappa shape index (κ1) is 13.2. The maximum absolute atomic E-state index is 13.3. The van der Waals surface area contributed by atoms with E-state index in [4.69, 9.17) is 5.26 Å². The summed E-state index contributed by atoms with van der Waals surface area (Å²) in [4.78, 5) is 0. The van der Waals surface area contributed by atoms with E-state index < -0.39 is 0 Å². The summed E-state index contributed by atoms with van der Waals surface area (Å²) in [5, 5.41) is 12.9. The van der Waals surface area contributed by atoms with Gasteiger partial charge in [-0.2, -0.15) is 17.0 Å². The molecule has 4 heteroatoms. The average Bonchev–Trinajstić information content (AvgIpc) is 2.39. The van der Waals surface area contributed by atoms with E-state index in [1.54, 1.807) is 6.07 Å². The number of benzene rings is 1. The minimum absolute atomic E-state index is 0.352. The predicted octanol–water partition coefficient (Wildman–Crippen LogP) is 3.78. The Hall–Kier alpha value is -1.21. The van der Waals surface area contributed by atoms with Gasteiger partial charge in [0.05, 0.1) is 11.6 Å². The van der Waals surface area contributed by atoms with Gasteiger partial charge in [-0.05, 0) is 50.1 Å². The number of nitrogens with one attached hydrogen (secondary N) is 1. The average molecular weight is 264 g/mol. The summed E-state index contributed by atoms with van der Waals surface area (Å²) in [6.45, 7) is 0. The highest BCUT2D eigenvalue weighted by atomic mass is 32.2. The normalized spacial score (nSPS) is 23.4. The molecule has 0 aliphatic heterocycles. The lowest BCUT2D eigenvalue weighted by Crippen LogP contribution is -2.27. The van der Waals surface area contributed by atoms with E-state index >= 15 is 0 Å². The number of rotatable bonds is 3. The number of hydrogen-bond donors (Lipinski definition) is 1. The Balaban J connectivity index is 1.98. The SMILES string of the molecule is CSC1CCC(Nc2cc(F)cc(C#N)c2)CC1. The largest absolute Gasteiger partial charge is 0.382 e. The van der Waals surface area contributed by atoms with Crippen molar-refractivity contribution in [1.29, 1.82) is 5.26 Å². The molecule has 18 heavy (non-hydrogen) atoms. The highest BCUT2D eigenvalue weighted by molar-refractivity contribution is 7.99. The Morgan fingerprint density at radius 1 is 1.28 bits per heavy atom. The number of nitrogens with zero attached hydrogens (tertiary/aromatic N) is 1. The molecule has 0 bridgehead atoms. The summed E-state index contributed by atoms with van der Waals surface area (Å²) in [5.74, 6) is -0.352. The maximum Gasteiger partial charge on any atom is 0.126 e. The van der Waals surface area contributed by atoms with Crippen molar-refractivity contribution >= 4 is 17.4 Å². The second-order valence-electron chi connectivity index (χ2n) is 4.69. The van der Waals surface area contributed by atoms with Gasteiger partial charge in [0.25, 0.3) is 0 Å². The number of nitriles is 1. The molecule has 0 unspecified atom stereocenters. The monoisotopic (exact) mass is 264 g/mol. The molecular weight excluding hydrogens is 247 g/mol. The van der Waals surface area contributed by atoms with Crippen molar-refractivity contribution < 1.29 is 4.39 Å². The van der Waals surface area contributed by atoms with Gasteiger partial charge >= 0.3 is 0 Å². The number of thioether (sulfide) groups is 1. The lowest BCUT2D eigenvalue weighted by Gasteiger charge is -2.28. The van der Waals surface area contributed by atoms with E-state index in [1.165, 1.54) is 25.0 Å². The highest BCUT2D eigenvalue weighted by Crippen LogP contribution is 2.29. The molecule has 0 radical (unpaired) electrons. The van der Waals surface area contributed by atoms with Gasteiger partial charge in [0.1, 0.15) is 5.82 Å². The van der Waals surface area contributed by atoms with Crippen molar-refractivity contribution in [2.24, 2.45) is 0 Å². The molecule has 1 fully saturated rings. The molecule has 1 N–H and O–H groups in total.